The van der Waals surface area contributed by atoms with E-state index >= 15 is 0 Å². The third-order valence-corrected chi connectivity index (χ3v) is 2.43. The summed E-state index contributed by atoms with van der Waals surface area (Å²) in [5.74, 6) is 0.990. The first-order valence-electron chi connectivity index (χ1n) is 6.24. The van der Waals surface area contributed by atoms with Crippen LogP contribution in [0.4, 0.5) is 0 Å². The normalized spacial score (nSPS) is 14.8. The van der Waals surface area contributed by atoms with Gasteiger partial charge < -0.3 is 10.2 Å². The van der Waals surface area contributed by atoms with Crippen LogP contribution >= 0.6 is 0 Å². The summed E-state index contributed by atoms with van der Waals surface area (Å²) in [5.41, 5.74) is 0.413. The zero-order valence-electron chi connectivity index (χ0n) is 12.1. The standard InChI is InChI=1S/C13H29N3/c1-8-14-12(16(6)7)15-11(2)9-10-13(3,4)5/h11H,8-10H2,1-7H3,(H,14,15). The van der Waals surface area contributed by atoms with Gasteiger partial charge in [0.25, 0.3) is 0 Å². The molecule has 0 rings (SSSR count). The van der Waals surface area contributed by atoms with Crippen molar-refractivity contribution in [3.05, 3.63) is 0 Å². The maximum absolute atomic E-state index is 4.44. The highest BCUT2D eigenvalue weighted by Gasteiger charge is 2.13. The molecule has 0 amide bonds. The predicted molar refractivity (Wildman–Crippen MR) is 72.9 cm³/mol. The molecule has 3 heteroatoms. The molecule has 0 radical (unpaired) electrons. The van der Waals surface area contributed by atoms with Gasteiger partial charge in [0, 0.05) is 26.7 Å². The molecule has 3 nitrogen and oxygen atoms in total. The van der Waals surface area contributed by atoms with Crippen LogP contribution in [-0.2, 0) is 0 Å². The highest BCUT2D eigenvalue weighted by Crippen LogP contribution is 2.21. The SMILES string of the molecule is CCN=C(NC(C)CCC(C)(C)C)N(C)C. The van der Waals surface area contributed by atoms with Gasteiger partial charge in [0.2, 0.25) is 0 Å². The van der Waals surface area contributed by atoms with Gasteiger partial charge in [-0.3, -0.25) is 4.99 Å². The lowest BCUT2D eigenvalue weighted by Crippen LogP contribution is -2.41. The van der Waals surface area contributed by atoms with Crippen LogP contribution in [0.1, 0.15) is 47.5 Å². The molecule has 0 spiro atoms. The largest absolute Gasteiger partial charge is 0.354 e. The fraction of sp³-hybridized carbons (Fsp3) is 0.923. The zero-order valence-corrected chi connectivity index (χ0v) is 12.1. The summed E-state index contributed by atoms with van der Waals surface area (Å²) in [7, 11) is 4.05. The van der Waals surface area contributed by atoms with Gasteiger partial charge in [-0.25, -0.2) is 0 Å². The van der Waals surface area contributed by atoms with E-state index in [4.69, 9.17) is 0 Å². The van der Waals surface area contributed by atoms with Gasteiger partial charge in [-0.15, -0.1) is 0 Å². The molecule has 0 aromatic carbocycles. The monoisotopic (exact) mass is 227 g/mol. The fourth-order valence-electron chi connectivity index (χ4n) is 1.41. The van der Waals surface area contributed by atoms with Crippen LogP contribution in [-0.4, -0.2) is 37.5 Å². The number of hydrogen-bond donors (Lipinski definition) is 1. The summed E-state index contributed by atoms with van der Waals surface area (Å²) in [4.78, 5) is 6.48. The van der Waals surface area contributed by atoms with E-state index < -0.39 is 0 Å². The second-order valence-electron chi connectivity index (χ2n) is 5.84. The molecule has 0 aromatic rings. The van der Waals surface area contributed by atoms with Gasteiger partial charge in [-0.2, -0.15) is 0 Å². The summed E-state index contributed by atoms with van der Waals surface area (Å²) in [6.45, 7) is 12.0. The van der Waals surface area contributed by atoms with E-state index in [0.29, 0.717) is 11.5 Å². The molecule has 0 aliphatic heterocycles. The molecular weight excluding hydrogens is 198 g/mol. The smallest absolute Gasteiger partial charge is 0.193 e. The van der Waals surface area contributed by atoms with Crippen molar-refractivity contribution in [2.45, 2.75) is 53.5 Å². The quantitative estimate of drug-likeness (QED) is 0.591. The summed E-state index contributed by atoms with van der Waals surface area (Å²) >= 11 is 0. The van der Waals surface area contributed by atoms with Crippen LogP contribution in [0, 0.1) is 5.41 Å². The molecule has 0 aliphatic rings. The summed E-state index contributed by atoms with van der Waals surface area (Å²) in [6, 6.07) is 0.479. The minimum Gasteiger partial charge on any atom is -0.354 e. The Balaban J connectivity index is 4.11. The molecule has 0 saturated carbocycles. The lowest BCUT2D eigenvalue weighted by atomic mass is 9.89. The number of hydrogen-bond acceptors (Lipinski definition) is 1. The van der Waals surface area contributed by atoms with E-state index in [9.17, 15) is 0 Å². The van der Waals surface area contributed by atoms with Crippen LogP contribution in [0.5, 0.6) is 0 Å². The maximum atomic E-state index is 4.44. The molecule has 0 fully saturated rings. The molecule has 96 valence electrons. The van der Waals surface area contributed by atoms with E-state index in [1.165, 1.54) is 12.8 Å². The molecule has 1 atom stereocenters. The molecule has 0 aliphatic carbocycles. The van der Waals surface area contributed by atoms with Gasteiger partial charge in [0.1, 0.15) is 0 Å². The minimum atomic E-state index is 0.413. The van der Waals surface area contributed by atoms with Gasteiger partial charge in [0.05, 0.1) is 0 Å². The first-order valence-corrected chi connectivity index (χ1v) is 6.24. The Hall–Kier alpha value is -0.730. The Kier molecular flexibility index (Phi) is 6.46. The van der Waals surface area contributed by atoms with Gasteiger partial charge in [0.15, 0.2) is 5.96 Å². The van der Waals surface area contributed by atoms with E-state index in [1.54, 1.807) is 0 Å². The van der Waals surface area contributed by atoms with Gasteiger partial charge in [-0.05, 0) is 32.1 Å². The van der Waals surface area contributed by atoms with Crippen LogP contribution in [0.25, 0.3) is 0 Å². The highest BCUT2D eigenvalue weighted by molar-refractivity contribution is 5.79. The second-order valence-corrected chi connectivity index (χ2v) is 5.84. The number of rotatable bonds is 4. The van der Waals surface area contributed by atoms with Crippen molar-refractivity contribution >= 4 is 5.96 Å². The molecular formula is C13H29N3. The van der Waals surface area contributed by atoms with Crippen molar-refractivity contribution in [1.29, 1.82) is 0 Å². The second kappa shape index (κ2) is 6.77. The van der Waals surface area contributed by atoms with Crippen LogP contribution in [0.2, 0.25) is 0 Å². The molecule has 0 bridgehead atoms. The van der Waals surface area contributed by atoms with Crippen molar-refractivity contribution in [3.63, 3.8) is 0 Å². The third kappa shape index (κ3) is 7.55. The van der Waals surface area contributed by atoms with E-state index in [1.807, 2.05) is 19.0 Å². The molecule has 0 heterocycles. The Labute approximate surface area is 101 Å². The average Bonchev–Trinajstić information content (AvgIpc) is 2.13. The van der Waals surface area contributed by atoms with Gasteiger partial charge in [-0.1, -0.05) is 20.8 Å². The summed E-state index contributed by atoms with van der Waals surface area (Å²) < 4.78 is 0. The average molecular weight is 227 g/mol. The Morgan fingerprint density at radius 3 is 2.25 bits per heavy atom. The number of nitrogens with zero attached hydrogens (tertiary/aromatic N) is 2. The van der Waals surface area contributed by atoms with Crippen LogP contribution < -0.4 is 5.32 Å². The lowest BCUT2D eigenvalue weighted by Gasteiger charge is -2.25. The minimum absolute atomic E-state index is 0.413. The predicted octanol–water partition coefficient (Wildman–Crippen LogP) is 2.73. The summed E-state index contributed by atoms with van der Waals surface area (Å²) in [6.07, 6.45) is 2.41. The van der Waals surface area contributed by atoms with Crippen molar-refractivity contribution in [3.8, 4) is 0 Å². The van der Waals surface area contributed by atoms with E-state index in [2.05, 4.69) is 44.9 Å². The van der Waals surface area contributed by atoms with Gasteiger partial charge >= 0.3 is 0 Å². The Bertz CT molecular complexity index is 214. The third-order valence-electron chi connectivity index (χ3n) is 2.43. The number of guanidine groups is 1. The van der Waals surface area contributed by atoms with Crippen molar-refractivity contribution in [2.24, 2.45) is 10.4 Å². The van der Waals surface area contributed by atoms with E-state index in [-0.39, 0.29) is 0 Å². The molecule has 0 aromatic heterocycles. The van der Waals surface area contributed by atoms with Crippen LogP contribution in [0.15, 0.2) is 4.99 Å². The molecule has 1 N–H and O–H groups in total. The van der Waals surface area contributed by atoms with Crippen molar-refractivity contribution < 1.29 is 0 Å². The number of nitrogens with one attached hydrogen (secondary N) is 1. The highest BCUT2D eigenvalue weighted by atomic mass is 15.3. The Morgan fingerprint density at radius 1 is 1.31 bits per heavy atom. The number of aliphatic imine (C=N–C) groups is 1. The first kappa shape index (κ1) is 15.3. The van der Waals surface area contributed by atoms with E-state index in [0.717, 1.165) is 12.5 Å². The topological polar surface area (TPSA) is 27.6 Å². The fourth-order valence-corrected chi connectivity index (χ4v) is 1.41. The van der Waals surface area contributed by atoms with Crippen molar-refractivity contribution in [2.75, 3.05) is 20.6 Å². The first-order chi connectivity index (χ1) is 7.26. The zero-order chi connectivity index (χ0) is 12.8. The summed E-state index contributed by atoms with van der Waals surface area (Å²) in [5, 5.41) is 3.47. The van der Waals surface area contributed by atoms with Crippen LogP contribution in [0.3, 0.4) is 0 Å². The molecule has 16 heavy (non-hydrogen) atoms. The molecule has 0 saturated heterocycles. The lowest BCUT2D eigenvalue weighted by molar-refractivity contribution is 0.344. The molecule has 1 unspecified atom stereocenters. The maximum Gasteiger partial charge on any atom is 0.193 e. The Morgan fingerprint density at radius 2 is 1.88 bits per heavy atom. The van der Waals surface area contributed by atoms with Crippen molar-refractivity contribution in [1.82, 2.24) is 10.2 Å².